The maximum atomic E-state index is 12.3. The third kappa shape index (κ3) is 3.97. The topological polar surface area (TPSA) is 32.8 Å². The molecule has 1 saturated heterocycles. The Labute approximate surface area is 127 Å². The molecule has 4 nitrogen and oxygen atoms in total. The van der Waals surface area contributed by atoms with Gasteiger partial charge < -0.3 is 9.64 Å². The van der Waals surface area contributed by atoms with Crippen LogP contribution in [0.2, 0.25) is 0 Å². The van der Waals surface area contributed by atoms with Crippen molar-refractivity contribution in [3.8, 4) is 5.75 Å². The number of hydrogen-bond acceptors (Lipinski definition) is 3. The van der Waals surface area contributed by atoms with Gasteiger partial charge in [0.15, 0.2) is 0 Å². The summed E-state index contributed by atoms with van der Waals surface area (Å²) in [6, 6.07) is 8.12. The van der Waals surface area contributed by atoms with Gasteiger partial charge in [0.25, 0.3) is 0 Å². The van der Waals surface area contributed by atoms with E-state index in [1.165, 1.54) is 5.56 Å². The molecular weight excluding hydrogens is 264 g/mol. The standard InChI is InChI=1S/C17H26N2O2/c1-17(2,3)16(20)19-11-9-18(10-12-19)13-14-7-5-6-8-15(14)21-4/h5-8H,9-13H2,1-4H3. The number of methoxy groups -OCH3 is 1. The highest BCUT2D eigenvalue weighted by atomic mass is 16.5. The van der Waals surface area contributed by atoms with Crippen LogP contribution in [0.25, 0.3) is 0 Å². The number of hydrogen-bond donors (Lipinski definition) is 0. The molecule has 0 N–H and O–H groups in total. The molecule has 116 valence electrons. The molecule has 1 fully saturated rings. The van der Waals surface area contributed by atoms with Crippen molar-refractivity contribution in [3.63, 3.8) is 0 Å². The number of piperazine rings is 1. The van der Waals surface area contributed by atoms with Gasteiger partial charge in [-0.25, -0.2) is 0 Å². The Morgan fingerprint density at radius 3 is 2.33 bits per heavy atom. The van der Waals surface area contributed by atoms with Gasteiger partial charge in [0.1, 0.15) is 5.75 Å². The molecule has 1 aromatic carbocycles. The Bertz CT molecular complexity index is 486. The zero-order valence-corrected chi connectivity index (χ0v) is 13.6. The van der Waals surface area contributed by atoms with Crippen LogP contribution in [-0.4, -0.2) is 49.0 Å². The van der Waals surface area contributed by atoms with E-state index in [1.54, 1.807) is 7.11 Å². The smallest absolute Gasteiger partial charge is 0.228 e. The third-order valence-electron chi connectivity index (χ3n) is 3.89. The minimum Gasteiger partial charge on any atom is -0.496 e. The lowest BCUT2D eigenvalue weighted by molar-refractivity contribution is -0.141. The van der Waals surface area contributed by atoms with Gasteiger partial charge in [0.05, 0.1) is 7.11 Å². The first kappa shape index (κ1) is 15.8. The summed E-state index contributed by atoms with van der Waals surface area (Å²) < 4.78 is 5.40. The Morgan fingerprint density at radius 2 is 1.76 bits per heavy atom. The highest BCUT2D eigenvalue weighted by molar-refractivity contribution is 5.81. The summed E-state index contributed by atoms with van der Waals surface area (Å²) in [6.07, 6.45) is 0. The van der Waals surface area contributed by atoms with Crippen molar-refractivity contribution >= 4 is 5.91 Å². The van der Waals surface area contributed by atoms with Crippen LogP contribution in [-0.2, 0) is 11.3 Å². The lowest BCUT2D eigenvalue weighted by Gasteiger charge is -2.37. The van der Waals surface area contributed by atoms with E-state index >= 15 is 0 Å². The molecule has 0 spiro atoms. The van der Waals surface area contributed by atoms with Gasteiger partial charge in [0.2, 0.25) is 5.91 Å². The second kappa shape index (κ2) is 6.48. The van der Waals surface area contributed by atoms with Crippen LogP contribution in [0.15, 0.2) is 24.3 Å². The first-order valence-corrected chi connectivity index (χ1v) is 7.55. The van der Waals surface area contributed by atoms with Crippen LogP contribution in [0.3, 0.4) is 0 Å². The molecule has 1 aliphatic rings. The van der Waals surface area contributed by atoms with Gasteiger partial charge in [-0.1, -0.05) is 39.0 Å². The Kier molecular flexibility index (Phi) is 4.88. The quantitative estimate of drug-likeness (QED) is 0.857. The zero-order chi connectivity index (χ0) is 15.5. The number of carbonyl (C=O) groups is 1. The van der Waals surface area contributed by atoms with E-state index in [4.69, 9.17) is 4.74 Å². The largest absolute Gasteiger partial charge is 0.496 e. The van der Waals surface area contributed by atoms with Gasteiger partial charge in [-0.2, -0.15) is 0 Å². The molecule has 1 amide bonds. The van der Waals surface area contributed by atoms with Crippen molar-refractivity contribution in [1.29, 1.82) is 0 Å². The fraction of sp³-hybridized carbons (Fsp3) is 0.588. The van der Waals surface area contributed by atoms with Crippen molar-refractivity contribution < 1.29 is 9.53 Å². The first-order valence-electron chi connectivity index (χ1n) is 7.55. The highest BCUT2D eigenvalue weighted by Gasteiger charge is 2.29. The summed E-state index contributed by atoms with van der Waals surface area (Å²) in [7, 11) is 1.71. The Balaban J connectivity index is 1.91. The second-order valence-corrected chi connectivity index (χ2v) is 6.63. The second-order valence-electron chi connectivity index (χ2n) is 6.63. The molecule has 1 aliphatic heterocycles. The van der Waals surface area contributed by atoms with Crippen LogP contribution < -0.4 is 4.74 Å². The average molecular weight is 290 g/mol. The summed E-state index contributed by atoms with van der Waals surface area (Å²) in [5.41, 5.74) is 0.917. The predicted molar refractivity (Wildman–Crippen MR) is 84.3 cm³/mol. The Hall–Kier alpha value is -1.55. The van der Waals surface area contributed by atoms with Crippen LogP contribution in [0, 0.1) is 5.41 Å². The van der Waals surface area contributed by atoms with E-state index in [0.29, 0.717) is 0 Å². The third-order valence-corrected chi connectivity index (χ3v) is 3.89. The molecule has 2 rings (SSSR count). The molecule has 1 heterocycles. The first-order chi connectivity index (χ1) is 9.91. The molecule has 0 radical (unpaired) electrons. The number of ether oxygens (including phenoxy) is 1. The number of benzene rings is 1. The van der Waals surface area contributed by atoms with Crippen LogP contribution in [0.5, 0.6) is 5.75 Å². The number of para-hydroxylation sites is 1. The van der Waals surface area contributed by atoms with Gasteiger partial charge in [-0.3, -0.25) is 9.69 Å². The Morgan fingerprint density at radius 1 is 1.14 bits per heavy atom. The number of carbonyl (C=O) groups excluding carboxylic acids is 1. The van der Waals surface area contributed by atoms with E-state index in [0.717, 1.165) is 38.5 Å². The summed E-state index contributed by atoms with van der Waals surface area (Å²) in [5.74, 6) is 1.19. The van der Waals surface area contributed by atoms with Gasteiger partial charge in [-0.15, -0.1) is 0 Å². The number of rotatable bonds is 3. The van der Waals surface area contributed by atoms with Crippen LogP contribution in [0.4, 0.5) is 0 Å². The molecule has 0 aliphatic carbocycles. The summed E-state index contributed by atoms with van der Waals surface area (Å²) >= 11 is 0. The molecule has 0 saturated carbocycles. The van der Waals surface area contributed by atoms with E-state index in [2.05, 4.69) is 11.0 Å². The molecule has 0 unspecified atom stereocenters. The zero-order valence-electron chi connectivity index (χ0n) is 13.6. The van der Waals surface area contributed by atoms with Crippen molar-refractivity contribution in [2.24, 2.45) is 5.41 Å². The molecule has 0 bridgehead atoms. The van der Waals surface area contributed by atoms with Crippen molar-refractivity contribution in [2.75, 3.05) is 33.3 Å². The summed E-state index contributed by atoms with van der Waals surface area (Å²) in [4.78, 5) is 16.6. The maximum absolute atomic E-state index is 12.3. The molecule has 4 heteroatoms. The average Bonchev–Trinajstić information content (AvgIpc) is 2.47. The van der Waals surface area contributed by atoms with Crippen LogP contribution in [0.1, 0.15) is 26.3 Å². The van der Waals surface area contributed by atoms with Crippen molar-refractivity contribution in [1.82, 2.24) is 9.80 Å². The lowest BCUT2D eigenvalue weighted by Crippen LogP contribution is -2.51. The fourth-order valence-corrected chi connectivity index (χ4v) is 2.66. The molecule has 1 aromatic rings. The van der Waals surface area contributed by atoms with E-state index in [9.17, 15) is 4.79 Å². The minimum atomic E-state index is -0.287. The van der Waals surface area contributed by atoms with Gasteiger partial charge >= 0.3 is 0 Å². The normalized spacial score (nSPS) is 16.9. The predicted octanol–water partition coefficient (Wildman–Crippen LogP) is 2.39. The van der Waals surface area contributed by atoms with Gasteiger partial charge in [-0.05, 0) is 6.07 Å². The van der Waals surface area contributed by atoms with Crippen molar-refractivity contribution in [3.05, 3.63) is 29.8 Å². The van der Waals surface area contributed by atoms with E-state index < -0.39 is 0 Å². The number of amides is 1. The molecule has 21 heavy (non-hydrogen) atoms. The summed E-state index contributed by atoms with van der Waals surface area (Å²) in [5, 5.41) is 0. The minimum absolute atomic E-state index is 0.249. The fourth-order valence-electron chi connectivity index (χ4n) is 2.66. The van der Waals surface area contributed by atoms with Crippen LogP contribution >= 0.6 is 0 Å². The number of nitrogens with zero attached hydrogens (tertiary/aromatic N) is 2. The van der Waals surface area contributed by atoms with Gasteiger partial charge in [0, 0.05) is 43.7 Å². The lowest BCUT2D eigenvalue weighted by atomic mass is 9.94. The SMILES string of the molecule is COc1ccccc1CN1CCN(C(=O)C(C)(C)C)CC1. The van der Waals surface area contributed by atoms with E-state index in [-0.39, 0.29) is 11.3 Å². The highest BCUT2D eigenvalue weighted by Crippen LogP contribution is 2.22. The molecular formula is C17H26N2O2. The summed E-state index contributed by atoms with van der Waals surface area (Å²) in [6.45, 7) is 10.3. The maximum Gasteiger partial charge on any atom is 0.228 e. The van der Waals surface area contributed by atoms with Crippen molar-refractivity contribution in [2.45, 2.75) is 27.3 Å². The monoisotopic (exact) mass is 290 g/mol. The molecule has 0 atom stereocenters. The van der Waals surface area contributed by atoms with E-state index in [1.807, 2.05) is 43.9 Å². The molecule has 0 aromatic heterocycles.